The lowest BCUT2D eigenvalue weighted by Gasteiger charge is -2.20. The van der Waals surface area contributed by atoms with Crippen molar-refractivity contribution in [2.75, 3.05) is 10.0 Å². The van der Waals surface area contributed by atoms with E-state index in [9.17, 15) is 8.42 Å². The summed E-state index contributed by atoms with van der Waals surface area (Å²) in [6.07, 6.45) is 3.44. The first-order chi connectivity index (χ1) is 13.2. The molecule has 1 aromatic heterocycles. The molecule has 3 aromatic rings. The van der Waals surface area contributed by atoms with Crippen LogP contribution in [0.25, 0.3) is 11.3 Å². The Hall–Kier alpha value is -2.93. The molecule has 2 N–H and O–H groups in total. The lowest BCUT2D eigenvalue weighted by atomic mass is 10.2. The molecule has 7 heteroatoms. The summed E-state index contributed by atoms with van der Waals surface area (Å²) in [5.41, 5.74) is 3.40. The first-order valence-corrected chi connectivity index (χ1v) is 10.5. The number of hydrogen-bond donors (Lipinski definition) is 2. The van der Waals surface area contributed by atoms with Crippen molar-refractivity contribution in [3.05, 3.63) is 72.6 Å². The summed E-state index contributed by atoms with van der Waals surface area (Å²) in [5.74, 6) is 0.678. The third-order valence-electron chi connectivity index (χ3n) is 4.21. The highest BCUT2D eigenvalue weighted by molar-refractivity contribution is 7.94. The van der Waals surface area contributed by atoms with Gasteiger partial charge in [0.05, 0.1) is 22.8 Å². The molecule has 0 radical (unpaired) electrons. The van der Waals surface area contributed by atoms with Crippen LogP contribution in [-0.4, -0.2) is 23.1 Å². The SMILES string of the molecule is CC(C)(C)S(=O)(=O)Nc1ccc(CNc2cnc(-c3ccccc3)cn2)cc1. The van der Waals surface area contributed by atoms with E-state index in [2.05, 4.69) is 20.0 Å². The van der Waals surface area contributed by atoms with Crippen molar-refractivity contribution in [2.24, 2.45) is 0 Å². The second kappa shape index (κ2) is 7.98. The van der Waals surface area contributed by atoms with Gasteiger partial charge < -0.3 is 5.32 Å². The second-order valence-corrected chi connectivity index (χ2v) is 9.86. The Morgan fingerprint density at radius 3 is 2.14 bits per heavy atom. The van der Waals surface area contributed by atoms with Crippen molar-refractivity contribution >= 4 is 21.5 Å². The van der Waals surface area contributed by atoms with Crippen molar-refractivity contribution in [3.8, 4) is 11.3 Å². The smallest absolute Gasteiger partial charge is 0.237 e. The Labute approximate surface area is 166 Å². The van der Waals surface area contributed by atoms with Crippen molar-refractivity contribution < 1.29 is 8.42 Å². The fourth-order valence-electron chi connectivity index (χ4n) is 2.37. The lowest BCUT2D eigenvalue weighted by Crippen LogP contribution is -2.33. The van der Waals surface area contributed by atoms with Gasteiger partial charge in [-0.05, 0) is 38.5 Å². The number of sulfonamides is 1. The molecule has 0 aliphatic heterocycles. The number of rotatable bonds is 6. The summed E-state index contributed by atoms with van der Waals surface area (Å²) in [5, 5.41) is 3.22. The third kappa shape index (κ3) is 4.86. The molecule has 0 aliphatic carbocycles. The third-order valence-corrected chi connectivity index (χ3v) is 6.32. The van der Waals surface area contributed by atoms with Crippen molar-refractivity contribution in [1.29, 1.82) is 0 Å². The van der Waals surface area contributed by atoms with Gasteiger partial charge >= 0.3 is 0 Å². The average Bonchev–Trinajstić information content (AvgIpc) is 2.67. The van der Waals surface area contributed by atoms with E-state index in [1.165, 1.54) is 0 Å². The van der Waals surface area contributed by atoms with Crippen LogP contribution in [0.15, 0.2) is 67.0 Å². The van der Waals surface area contributed by atoms with Gasteiger partial charge in [-0.25, -0.2) is 13.4 Å². The number of nitrogens with one attached hydrogen (secondary N) is 2. The topological polar surface area (TPSA) is 84.0 Å². The van der Waals surface area contributed by atoms with E-state index in [1.54, 1.807) is 45.3 Å². The van der Waals surface area contributed by atoms with E-state index in [0.29, 0.717) is 18.1 Å². The monoisotopic (exact) mass is 396 g/mol. The van der Waals surface area contributed by atoms with E-state index >= 15 is 0 Å². The summed E-state index contributed by atoms with van der Waals surface area (Å²) < 4.78 is 26.2. The Morgan fingerprint density at radius 1 is 0.893 bits per heavy atom. The standard InChI is InChI=1S/C21H24N4O2S/c1-21(2,3)28(26,27)25-18-11-9-16(10-12-18)13-23-20-15-22-19(14-24-20)17-7-5-4-6-8-17/h4-12,14-15,25H,13H2,1-3H3,(H,23,24). The Bertz CT molecular complexity index is 1010. The fraction of sp³-hybridized carbons (Fsp3) is 0.238. The quantitative estimate of drug-likeness (QED) is 0.649. The van der Waals surface area contributed by atoms with Crippen LogP contribution in [0.4, 0.5) is 11.5 Å². The minimum atomic E-state index is -3.43. The van der Waals surface area contributed by atoms with Crippen molar-refractivity contribution in [3.63, 3.8) is 0 Å². The molecule has 0 amide bonds. The summed E-state index contributed by atoms with van der Waals surface area (Å²) in [6.45, 7) is 5.55. The van der Waals surface area contributed by atoms with Crippen LogP contribution >= 0.6 is 0 Å². The zero-order valence-electron chi connectivity index (χ0n) is 16.2. The fourth-order valence-corrected chi connectivity index (χ4v) is 3.12. The molecule has 6 nitrogen and oxygen atoms in total. The molecule has 0 saturated heterocycles. The molecule has 28 heavy (non-hydrogen) atoms. The Kier molecular flexibility index (Phi) is 5.65. The summed E-state index contributed by atoms with van der Waals surface area (Å²) in [6, 6.07) is 17.1. The van der Waals surface area contributed by atoms with Crippen LogP contribution in [0.5, 0.6) is 0 Å². The largest absolute Gasteiger partial charge is 0.365 e. The molecule has 0 aliphatic rings. The molecule has 0 saturated carbocycles. The highest BCUT2D eigenvalue weighted by Crippen LogP contribution is 2.20. The first-order valence-electron chi connectivity index (χ1n) is 8.97. The van der Waals surface area contributed by atoms with Gasteiger partial charge in [0.25, 0.3) is 0 Å². The second-order valence-electron chi connectivity index (χ2n) is 7.42. The minimum absolute atomic E-state index is 0.547. The van der Waals surface area contributed by atoms with Crippen LogP contribution in [0.2, 0.25) is 0 Å². The predicted molar refractivity (Wildman–Crippen MR) is 114 cm³/mol. The van der Waals surface area contributed by atoms with Crippen LogP contribution in [-0.2, 0) is 16.6 Å². The van der Waals surface area contributed by atoms with Crippen LogP contribution in [0.1, 0.15) is 26.3 Å². The predicted octanol–water partition coefficient (Wildman–Crippen LogP) is 4.30. The number of benzene rings is 2. The maximum Gasteiger partial charge on any atom is 0.237 e. The van der Waals surface area contributed by atoms with Crippen molar-refractivity contribution in [2.45, 2.75) is 32.1 Å². The van der Waals surface area contributed by atoms with Crippen LogP contribution in [0.3, 0.4) is 0 Å². The highest BCUT2D eigenvalue weighted by Gasteiger charge is 2.28. The Morgan fingerprint density at radius 2 is 1.57 bits per heavy atom. The summed E-state index contributed by atoms with van der Waals surface area (Å²) in [4.78, 5) is 8.83. The Balaban J connectivity index is 1.59. The molecule has 0 unspecified atom stereocenters. The maximum absolute atomic E-state index is 12.2. The first kappa shape index (κ1) is 19.8. The number of anilines is 2. The molecule has 0 spiro atoms. The van der Waals surface area contributed by atoms with Gasteiger partial charge in [-0.2, -0.15) is 0 Å². The molecule has 146 valence electrons. The molecule has 2 aromatic carbocycles. The number of hydrogen-bond acceptors (Lipinski definition) is 5. The average molecular weight is 397 g/mol. The summed E-state index contributed by atoms with van der Waals surface area (Å²) >= 11 is 0. The van der Waals surface area contributed by atoms with E-state index in [0.717, 1.165) is 16.8 Å². The van der Waals surface area contributed by atoms with Gasteiger partial charge in [0.2, 0.25) is 10.0 Å². The zero-order valence-corrected chi connectivity index (χ0v) is 17.0. The van der Waals surface area contributed by atoms with Gasteiger partial charge in [0.15, 0.2) is 0 Å². The zero-order chi connectivity index (χ0) is 20.2. The van der Waals surface area contributed by atoms with Crippen molar-refractivity contribution in [1.82, 2.24) is 9.97 Å². The van der Waals surface area contributed by atoms with Gasteiger partial charge in [-0.1, -0.05) is 42.5 Å². The van der Waals surface area contributed by atoms with E-state index in [-0.39, 0.29) is 0 Å². The van der Waals surface area contributed by atoms with Gasteiger partial charge in [-0.15, -0.1) is 0 Å². The van der Waals surface area contributed by atoms with Crippen LogP contribution < -0.4 is 10.0 Å². The molecule has 1 heterocycles. The van der Waals surface area contributed by atoms with Gasteiger partial charge in [0.1, 0.15) is 5.82 Å². The van der Waals surface area contributed by atoms with E-state index in [4.69, 9.17) is 0 Å². The molecule has 0 atom stereocenters. The highest BCUT2D eigenvalue weighted by atomic mass is 32.2. The minimum Gasteiger partial charge on any atom is -0.365 e. The molecular formula is C21H24N4O2S. The molecule has 0 bridgehead atoms. The molecule has 0 fully saturated rings. The normalized spacial score (nSPS) is 11.8. The molecular weight excluding hydrogens is 372 g/mol. The van der Waals surface area contributed by atoms with Gasteiger partial charge in [-0.3, -0.25) is 9.71 Å². The number of nitrogens with zero attached hydrogens (tertiary/aromatic N) is 2. The van der Waals surface area contributed by atoms with E-state index in [1.807, 2.05) is 42.5 Å². The van der Waals surface area contributed by atoms with E-state index < -0.39 is 14.8 Å². The van der Waals surface area contributed by atoms with Crippen LogP contribution in [0, 0.1) is 0 Å². The number of aromatic nitrogens is 2. The maximum atomic E-state index is 12.2. The lowest BCUT2D eigenvalue weighted by molar-refractivity contribution is 0.566. The molecule has 3 rings (SSSR count). The summed E-state index contributed by atoms with van der Waals surface area (Å²) in [7, 11) is -3.43. The van der Waals surface area contributed by atoms with Gasteiger partial charge in [0, 0.05) is 17.8 Å².